The highest BCUT2D eigenvalue weighted by Crippen LogP contribution is 2.45. The van der Waals surface area contributed by atoms with Gasteiger partial charge in [0, 0.05) is 29.7 Å². The van der Waals surface area contributed by atoms with Crippen molar-refractivity contribution in [1.82, 2.24) is 5.32 Å². The van der Waals surface area contributed by atoms with E-state index in [0.717, 1.165) is 16.7 Å². The van der Waals surface area contributed by atoms with Gasteiger partial charge >= 0.3 is 12.1 Å². The van der Waals surface area contributed by atoms with E-state index in [-0.39, 0.29) is 42.1 Å². The van der Waals surface area contributed by atoms with Crippen LogP contribution in [-0.4, -0.2) is 29.7 Å². The van der Waals surface area contributed by atoms with Crippen LogP contribution >= 0.6 is 0 Å². The first-order valence-electron chi connectivity index (χ1n) is 14.1. The van der Waals surface area contributed by atoms with Gasteiger partial charge in [-0.2, -0.15) is 13.2 Å². The first-order chi connectivity index (χ1) is 18.6. The Morgan fingerprint density at radius 2 is 1.37 bits per heavy atom. The number of nitrogens with one attached hydrogen (secondary N) is 1. The number of hydrogen-bond acceptors (Lipinski definition) is 3. The number of rotatable bonds is 10. The van der Waals surface area contributed by atoms with Crippen molar-refractivity contribution >= 4 is 11.9 Å². The predicted molar refractivity (Wildman–Crippen MR) is 157 cm³/mol. The first-order valence-corrected chi connectivity index (χ1v) is 14.1. The van der Waals surface area contributed by atoms with Gasteiger partial charge in [-0.3, -0.25) is 9.59 Å². The van der Waals surface area contributed by atoms with Crippen molar-refractivity contribution in [3.63, 3.8) is 0 Å². The predicted octanol–water partition coefficient (Wildman–Crippen LogP) is 8.64. The molecule has 1 unspecified atom stereocenters. The summed E-state index contributed by atoms with van der Waals surface area (Å²) in [6.07, 6.45) is -6.04. The van der Waals surface area contributed by atoms with E-state index in [1.165, 1.54) is 0 Å². The molecule has 0 fully saturated rings. The molecule has 2 N–H and O–H groups in total. The summed E-state index contributed by atoms with van der Waals surface area (Å²) in [7, 11) is 0. The quantitative estimate of drug-likeness (QED) is 0.296. The Morgan fingerprint density at radius 3 is 1.78 bits per heavy atom. The molecule has 0 heterocycles. The fourth-order valence-corrected chi connectivity index (χ4v) is 4.46. The Kier molecular flexibility index (Phi) is 10.7. The molecule has 0 saturated heterocycles. The number of carbonyl (C=O) groups is 2. The lowest BCUT2D eigenvalue weighted by atomic mass is 9.74. The summed E-state index contributed by atoms with van der Waals surface area (Å²) in [6.45, 7) is 19.1. The van der Waals surface area contributed by atoms with E-state index < -0.39 is 30.6 Å². The van der Waals surface area contributed by atoms with E-state index >= 15 is 0 Å². The molecule has 1 atom stereocenters. The number of benzene rings is 2. The Balaban J connectivity index is 2.58. The lowest BCUT2D eigenvalue weighted by Crippen LogP contribution is -2.26. The van der Waals surface area contributed by atoms with E-state index in [1.54, 1.807) is 24.3 Å². The fourth-order valence-electron chi connectivity index (χ4n) is 4.46. The van der Waals surface area contributed by atoms with E-state index in [1.807, 2.05) is 0 Å². The van der Waals surface area contributed by atoms with Gasteiger partial charge in [-0.05, 0) is 52.3 Å². The molecule has 0 aliphatic carbocycles. The topological polar surface area (TPSA) is 75.6 Å². The standard InChI is InChI=1S/C33H46F3NO4/c1-30(2,3)23-19-24(31(4,5)6)28(25(20-23)32(7,8)9)41-26(11-10-17-33(34,35)36)21-12-14-22(15-13-21)29(40)37-18-16-27(38)39/h12-15,19-20,26H,10-11,16-18H2,1-9H3,(H,37,40)(H,38,39). The highest BCUT2D eigenvalue weighted by Gasteiger charge is 2.33. The zero-order valence-corrected chi connectivity index (χ0v) is 25.9. The van der Waals surface area contributed by atoms with Crippen molar-refractivity contribution in [3.8, 4) is 5.75 Å². The highest BCUT2D eigenvalue weighted by molar-refractivity contribution is 5.94. The number of carboxylic acid groups (broad SMARTS) is 1. The molecule has 228 valence electrons. The number of carbonyl (C=O) groups excluding carboxylic acids is 1. The Morgan fingerprint density at radius 1 is 0.854 bits per heavy atom. The number of halogens is 3. The van der Waals surface area contributed by atoms with E-state index in [2.05, 4.69) is 79.8 Å². The maximum atomic E-state index is 13.1. The minimum atomic E-state index is -4.27. The van der Waals surface area contributed by atoms with Gasteiger partial charge in [-0.25, -0.2) is 0 Å². The maximum Gasteiger partial charge on any atom is 0.389 e. The molecule has 0 bridgehead atoms. The van der Waals surface area contributed by atoms with Crippen LogP contribution in [-0.2, 0) is 21.0 Å². The SMILES string of the molecule is CC(C)(C)c1cc(C(C)(C)C)c(OC(CCCC(F)(F)F)c2ccc(C(=O)NCCC(=O)O)cc2)c(C(C)(C)C)c1. The monoisotopic (exact) mass is 577 g/mol. The van der Waals surface area contributed by atoms with Gasteiger partial charge in [0.05, 0.1) is 6.42 Å². The van der Waals surface area contributed by atoms with Crippen molar-refractivity contribution < 1.29 is 32.6 Å². The molecule has 0 spiro atoms. The summed E-state index contributed by atoms with van der Waals surface area (Å²) in [4.78, 5) is 23.2. The number of ether oxygens (including phenoxy) is 1. The lowest BCUT2D eigenvalue weighted by Gasteiger charge is -2.35. The lowest BCUT2D eigenvalue weighted by molar-refractivity contribution is -0.137. The number of hydrogen-bond donors (Lipinski definition) is 2. The van der Waals surface area contributed by atoms with Crippen LogP contribution in [0.4, 0.5) is 13.2 Å². The van der Waals surface area contributed by atoms with Crippen LogP contribution in [0.5, 0.6) is 5.75 Å². The van der Waals surface area contributed by atoms with Crippen LogP contribution in [0.15, 0.2) is 36.4 Å². The van der Waals surface area contributed by atoms with E-state index in [4.69, 9.17) is 9.84 Å². The number of amides is 1. The number of carboxylic acids is 1. The minimum Gasteiger partial charge on any atom is -0.485 e. The van der Waals surface area contributed by atoms with Gasteiger partial charge in [0.25, 0.3) is 5.91 Å². The highest BCUT2D eigenvalue weighted by atomic mass is 19.4. The van der Waals surface area contributed by atoms with E-state index in [0.29, 0.717) is 16.9 Å². The third-order valence-electron chi connectivity index (χ3n) is 6.93. The molecular formula is C33H46F3NO4. The number of aliphatic carboxylic acids is 1. The third kappa shape index (κ3) is 10.4. The molecule has 1 amide bonds. The van der Waals surface area contributed by atoms with Crippen LogP contribution in [0.2, 0.25) is 0 Å². The summed E-state index contributed by atoms with van der Waals surface area (Å²) in [6, 6.07) is 10.9. The summed E-state index contributed by atoms with van der Waals surface area (Å²) < 4.78 is 46.1. The Hall–Kier alpha value is -3.03. The van der Waals surface area contributed by atoms with E-state index in [9.17, 15) is 22.8 Å². The second-order valence-corrected chi connectivity index (χ2v) is 13.8. The first kappa shape index (κ1) is 34.2. The van der Waals surface area contributed by atoms with Crippen LogP contribution in [0, 0.1) is 0 Å². The largest absolute Gasteiger partial charge is 0.485 e. The molecule has 0 aliphatic rings. The molecule has 8 heteroatoms. The van der Waals surface area contributed by atoms with Gasteiger partial charge in [-0.1, -0.05) is 86.6 Å². The maximum absolute atomic E-state index is 13.1. The average Bonchev–Trinajstić information content (AvgIpc) is 2.80. The van der Waals surface area contributed by atoms with Crippen LogP contribution < -0.4 is 10.1 Å². The molecule has 5 nitrogen and oxygen atoms in total. The van der Waals surface area contributed by atoms with Crippen LogP contribution in [0.25, 0.3) is 0 Å². The van der Waals surface area contributed by atoms with Crippen LogP contribution in [0.3, 0.4) is 0 Å². The van der Waals surface area contributed by atoms with Gasteiger partial charge in [0.15, 0.2) is 0 Å². The Bertz CT molecular complexity index is 1160. The summed E-state index contributed by atoms with van der Waals surface area (Å²) in [5, 5.41) is 11.4. The average molecular weight is 578 g/mol. The van der Waals surface area contributed by atoms with Gasteiger partial charge < -0.3 is 15.2 Å². The second kappa shape index (κ2) is 12.9. The van der Waals surface area contributed by atoms with Crippen molar-refractivity contribution in [2.45, 2.75) is 117 Å². The molecule has 0 radical (unpaired) electrons. The van der Waals surface area contributed by atoms with Crippen molar-refractivity contribution in [2.75, 3.05) is 6.54 Å². The Labute approximate surface area is 242 Å². The molecule has 0 aromatic heterocycles. The van der Waals surface area contributed by atoms with Gasteiger partial charge in [0.2, 0.25) is 0 Å². The van der Waals surface area contributed by atoms with Crippen molar-refractivity contribution in [3.05, 3.63) is 64.2 Å². The summed E-state index contributed by atoms with van der Waals surface area (Å²) in [5.74, 6) is -0.750. The molecule has 0 saturated carbocycles. The van der Waals surface area contributed by atoms with Gasteiger partial charge in [0.1, 0.15) is 11.9 Å². The molecule has 2 aromatic rings. The molecule has 2 rings (SSSR count). The van der Waals surface area contributed by atoms with Gasteiger partial charge in [-0.15, -0.1) is 0 Å². The zero-order valence-electron chi connectivity index (χ0n) is 25.9. The molecule has 2 aromatic carbocycles. The third-order valence-corrected chi connectivity index (χ3v) is 6.93. The normalized spacial score (nSPS) is 13.6. The molecular weight excluding hydrogens is 531 g/mol. The summed E-state index contributed by atoms with van der Waals surface area (Å²) in [5.41, 5.74) is 3.41. The molecule has 0 aliphatic heterocycles. The van der Waals surface area contributed by atoms with Crippen LogP contribution in [0.1, 0.15) is 127 Å². The number of alkyl halides is 3. The molecule has 41 heavy (non-hydrogen) atoms. The fraction of sp³-hybridized carbons (Fsp3) is 0.576. The summed E-state index contributed by atoms with van der Waals surface area (Å²) >= 11 is 0. The van der Waals surface area contributed by atoms with Crippen molar-refractivity contribution in [2.24, 2.45) is 0 Å². The second-order valence-electron chi connectivity index (χ2n) is 13.8. The minimum absolute atomic E-state index is 0.00514. The van der Waals surface area contributed by atoms with Crippen molar-refractivity contribution in [1.29, 1.82) is 0 Å². The zero-order chi connectivity index (χ0) is 31.4. The smallest absolute Gasteiger partial charge is 0.389 e.